The van der Waals surface area contributed by atoms with E-state index < -0.39 is 18.0 Å². The molecule has 0 bridgehead atoms. The van der Waals surface area contributed by atoms with E-state index >= 15 is 0 Å². The van der Waals surface area contributed by atoms with E-state index in [1.807, 2.05) is 6.07 Å². The molecule has 0 spiro atoms. The third-order valence-electron chi connectivity index (χ3n) is 2.08. The molecule has 1 aromatic rings. The summed E-state index contributed by atoms with van der Waals surface area (Å²) in [7, 11) is 0. The van der Waals surface area contributed by atoms with Gasteiger partial charge in [-0.25, -0.2) is 4.79 Å². The quantitative estimate of drug-likeness (QED) is 0.612. The van der Waals surface area contributed by atoms with Crippen LogP contribution in [0, 0.1) is 0 Å². The summed E-state index contributed by atoms with van der Waals surface area (Å²) in [5, 5.41) is 8.33. The zero-order valence-electron chi connectivity index (χ0n) is 8.34. The highest BCUT2D eigenvalue weighted by atomic mass is 16.7. The van der Waals surface area contributed by atoms with Gasteiger partial charge in [-0.05, 0) is 12.0 Å². The molecule has 0 radical (unpaired) electrons. The van der Waals surface area contributed by atoms with E-state index in [-0.39, 0.29) is 0 Å². The van der Waals surface area contributed by atoms with E-state index in [1.165, 1.54) is 0 Å². The van der Waals surface area contributed by atoms with Gasteiger partial charge in [-0.3, -0.25) is 4.79 Å². The van der Waals surface area contributed by atoms with E-state index in [4.69, 9.17) is 5.11 Å². The first-order chi connectivity index (χ1) is 7.15. The van der Waals surface area contributed by atoms with Crippen LogP contribution in [0.3, 0.4) is 0 Å². The van der Waals surface area contributed by atoms with Crippen LogP contribution in [0.5, 0.6) is 0 Å². The van der Waals surface area contributed by atoms with Crippen molar-refractivity contribution in [2.75, 3.05) is 0 Å². The van der Waals surface area contributed by atoms with E-state index in [1.54, 1.807) is 31.2 Å². The molecule has 1 N–H and O–H groups in total. The second-order valence-electron chi connectivity index (χ2n) is 3.06. The summed E-state index contributed by atoms with van der Waals surface area (Å²) < 4.78 is 4.14. The van der Waals surface area contributed by atoms with Crippen molar-refractivity contribution in [3.8, 4) is 0 Å². The minimum absolute atomic E-state index is 0.510. The Morgan fingerprint density at radius 2 is 1.93 bits per heavy atom. The smallest absolute Gasteiger partial charge is 0.449 e. The number of rotatable bonds is 3. The minimum Gasteiger partial charge on any atom is -0.449 e. The predicted molar refractivity (Wildman–Crippen MR) is 53.6 cm³/mol. The fourth-order valence-corrected chi connectivity index (χ4v) is 1.38. The highest BCUT2D eigenvalue weighted by molar-refractivity contribution is 5.86. The summed E-state index contributed by atoms with van der Waals surface area (Å²) in [6, 6.07) is 8.98. The summed E-state index contributed by atoms with van der Waals surface area (Å²) in [6.45, 7) is 1.81. The molecule has 0 aliphatic carbocycles. The van der Waals surface area contributed by atoms with Gasteiger partial charge >= 0.3 is 12.1 Å². The molecule has 1 aromatic carbocycles. The minimum atomic E-state index is -1.56. The largest absolute Gasteiger partial charge is 0.513 e. The van der Waals surface area contributed by atoms with Crippen molar-refractivity contribution in [2.45, 2.75) is 19.3 Å². The summed E-state index contributed by atoms with van der Waals surface area (Å²) in [4.78, 5) is 21.6. The van der Waals surface area contributed by atoms with Crippen LogP contribution in [0.2, 0.25) is 0 Å². The Labute approximate surface area is 87.5 Å². The topological polar surface area (TPSA) is 63.6 Å². The second kappa shape index (κ2) is 5.14. The molecule has 0 aliphatic rings. The number of carboxylic acid groups (broad SMARTS) is 1. The maximum absolute atomic E-state index is 11.4. The molecule has 0 amide bonds. The average Bonchev–Trinajstić information content (AvgIpc) is 2.19. The SMILES string of the molecule is CCC(C(=O)OC(=O)O)c1ccccc1. The van der Waals surface area contributed by atoms with Crippen molar-refractivity contribution in [1.82, 2.24) is 0 Å². The molecule has 1 atom stereocenters. The lowest BCUT2D eigenvalue weighted by atomic mass is 9.97. The van der Waals surface area contributed by atoms with Gasteiger partial charge in [0.05, 0.1) is 5.92 Å². The molecule has 0 heterocycles. The standard InChI is InChI=1S/C11H12O4/c1-2-9(10(12)15-11(13)14)8-6-4-3-5-7-8/h3-7,9H,2H2,1H3,(H,13,14). The van der Waals surface area contributed by atoms with Crippen molar-refractivity contribution in [2.24, 2.45) is 0 Å². The molecule has 4 nitrogen and oxygen atoms in total. The van der Waals surface area contributed by atoms with Crippen LogP contribution in [0.1, 0.15) is 24.8 Å². The first-order valence-electron chi connectivity index (χ1n) is 4.64. The number of esters is 1. The zero-order valence-corrected chi connectivity index (χ0v) is 8.34. The van der Waals surface area contributed by atoms with E-state index in [2.05, 4.69) is 4.74 Å². The maximum Gasteiger partial charge on any atom is 0.513 e. The summed E-state index contributed by atoms with van der Waals surface area (Å²) in [6.07, 6.45) is -1.05. The highest BCUT2D eigenvalue weighted by Gasteiger charge is 2.22. The van der Waals surface area contributed by atoms with Crippen molar-refractivity contribution >= 4 is 12.1 Å². The number of ether oxygens (including phenoxy) is 1. The van der Waals surface area contributed by atoms with Crippen LogP contribution in [0.25, 0.3) is 0 Å². The first kappa shape index (κ1) is 11.2. The molecule has 0 aliphatic heterocycles. The Morgan fingerprint density at radius 1 is 1.33 bits per heavy atom. The van der Waals surface area contributed by atoms with Crippen LogP contribution in [-0.2, 0) is 9.53 Å². The Bertz CT molecular complexity index is 345. The Kier molecular flexibility index (Phi) is 3.85. The number of hydrogen-bond acceptors (Lipinski definition) is 3. The second-order valence-corrected chi connectivity index (χ2v) is 3.06. The monoisotopic (exact) mass is 208 g/mol. The third-order valence-corrected chi connectivity index (χ3v) is 2.08. The van der Waals surface area contributed by atoms with Crippen molar-refractivity contribution in [1.29, 1.82) is 0 Å². The summed E-state index contributed by atoms with van der Waals surface area (Å²) in [5.74, 6) is -1.24. The Hall–Kier alpha value is -1.84. The van der Waals surface area contributed by atoms with Crippen molar-refractivity contribution in [3.05, 3.63) is 35.9 Å². The van der Waals surface area contributed by atoms with Crippen LogP contribution in [0.4, 0.5) is 4.79 Å². The molecular formula is C11H12O4. The van der Waals surface area contributed by atoms with Gasteiger partial charge in [0.1, 0.15) is 0 Å². The summed E-state index contributed by atoms with van der Waals surface area (Å²) in [5.41, 5.74) is 0.770. The molecule has 0 fully saturated rings. The fraction of sp³-hybridized carbons (Fsp3) is 0.273. The van der Waals surface area contributed by atoms with Gasteiger partial charge in [0.15, 0.2) is 0 Å². The predicted octanol–water partition coefficient (Wildman–Crippen LogP) is 2.40. The molecule has 1 rings (SSSR count). The summed E-state index contributed by atoms with van der Waals surface area (Å²) >= 11 is 0. The number of carbonyl (C=O) groups is 2. The maximum atomic E-state index is 11.4. The van der Waals surface area contributed by atoms with Crippen molar-refractivity contribution < 1.29 is 19.4 Å². The van der Waals surface area contributed by atoms with Crippen LogP contribution in [-0.4, -0.2) is 17.2 Å². The van der Waals surface area contributed by atoms with Crippen LogP contribution < -0.4 is 0 Å². The van der Waals surface area contributed by atoms with E-state index in [0.29, 0.717) is 6.42 Å². The fourth-order valence-electron chi connectivity index (χ4n) is 1.38. The lowest BCUT2D eigenvalue weighted by Crippen LogP contribution is -2.18. The van der Waals surface area contributed by atoms with Gasteiger partial charge in [0.25, 0.3) is 0 Å². The molecule has 80 valence electrons. The number of hydrogen-bond donors (Lipinski definition) is 1. The van der Waals surface area contributed by atoms with Gasteiger partial charge in [0.2, 0.25) is 0 Å². The molecule has 0 saturated heterocycles. The van der Waals surface area contributed by atoms with Crippen LogP contribution in [0.15, 0.2) is 30.3 Å². The lowest BCUT2D eigenvalue weighted by molar-refractivity contribution is -0.140. The van der Waals surface area contributed by atoms with Gasteiger partial charge < -0.3 is 9.84 Å². The normalized spacial score (nSPS) is 11.8. The molecule has 0 saturated carbocycles. The number of carbonyl (C=O) groups excluding carboxylic acids is 1. The van der Waals surface area contributed by atoms with E-state index in [0.717, 1.165) is 5.56 Å². The Morgan fingerprint density at radius 3 is 2.40 bits per heavy atom. The molecule has 4 heteroatoms. The zero-order chi connectivity index (χ0) is 11.3. The highest BCUT2D eigenvalue weighted by Crippen LogP contribution is 2.20. The molecule has 0 aromatic heterocycles. The molecule has 15 heavy (non-hydrogen) atoms. The average molecular weight is 208 g/mol. The van der Waals surface area contributed by atoms with Gasteiger partial charge in [-0.15, -0.1) is 0 Å². The van der Waals surface area contributed by atoms with Crippen molar-refractivity contribution in [3.63, 3.8) is 0 Å². The third kappa shape index (κ3) is 3.09. The molecular weight excluding hydrogens is 196 g/mol. The Balaban J connectivity index is 2.80. The first-order valence-corrected chi connectivity index (χ1v) is 4.64. The van der Waals surface area contributed by atoms with Crippen LogP contribution >= 0.6 is 0 Å². The van der Waals surface area contributed by atoms with Gasteiger partial charge in [-0.1, -0.05) is 37.3 Å². The lowest BCUT2D eigenvalue weighted by Gasteiger charge is -2.11. The van der Waals surface area contributed by atoms with E-state index in [9.17, 15) is 9.59 Å². The van der Waals surface area contributed by atoms with Gasteiger partial charge in [0, 0.05) is 0 Å². The van der Waals surface area contributed by atoms with Gasteiger partial charge in [-0.2, -0.15) is 0 Å². The number of benzene rings is 1. The molecule has 1 unspecified atom stereocenters.